The number of hydrogen-bond acceptors (Lipinski definition) is 4. The van der Waals surface area contributed by atoms with E-state index in [1.165, 1.54) is 0 Å². The van der Waals surface area contributed by atoms with Crippen molar-refractivity contribution in [3.63, 3.8) is 0 Å². The van der Waals surface area contributed by atoms with Crippen molar-refractivity contribution in [1.29, 1.82) is 0 Å². The van der Waals surface area contributed by atoms with Gasteiger partial charge in [0.05, 0.1) is 0 Å². The van der Waals surface area contributed by atoms with Gasteiger partial charge in [-0.3, -0.25) is 4.79 Å². The smallest absolute Gasteiger partial charge is 0.232 e. The quantitative estimate of drug-likeness (QED) is 0.569. The van der Waals surface area contributed by atoms with E-state index in [1.54, 1.807) is 6.92 Å². The maximum absolute atomic E-state index is 10.9. The van der Waals surface area contributed by atoms with Crippen LogP contribution in [-0.4, -0.2) is 28.7 Å². The first-order valence-electron chi connectivity index (χ1n) is 3.44. The summed E-state index contributed by atoms with van der Waals surface area (Å²) in [5.74, 6) is -0.820. The minimum Gasteiger partial charge on any atom is -0.502 e. The fourth-order valence-electron chi connectivity index (χ4n) is 0.888. The second-order valence-corrected chi connectivity index (χ2v) is 2.32. The maximum Gasteiger partial charge on any atom is 0.232 e. The van der Waals surface area contributed by atoms with Crippen LogP contribution < -0.4 is 0 Å². The van der Waals surface area contributed by atoms with E-state index in [0.29, 0.717) is 6.42 Å². The Balaban J connectivity index is 2.87. The Morgan fingerprint density at radius 1 is 1.73 bits per heavy atom. The molecule has 0 fully saturated rings. The molecule has 0 saturated carbocycles. The van der Waals surface area contributed by atoms with Gasteiger partial charge in [-0.05, 0) is 0 Å². The summed E-state index contributed by atoms with van der Waals surface area (Å²) < 4.78 is 4.88. The normalized spacial score (nSPS) is 25.3. The summed E-state index contributed by atoms with van der Waals surface area (Å²) in [6, 6.07) is 0. The molecule has 2 N–H and O–H groups in total. The fourth-order valence-corrected chi connectivity index (χ4v) is 0.888. The van der Waals surface area contributed by atoms with Crippen LogP contribution in [-0.2, 0) is 9.53 Å². The molecule has 62 valence electrons. The first-order chi connectivity index (χ1) is 5.16. The molecular weight excluding hydrogens is 148 g/mol. The number of carbonyl (C=O) groups is 1. The lowest BCUT2D eigenvalue weighted by Crippen LogP contribution is -2.32. The van der Waals surface area contributed by atoms with Crippen LogP contribution >= 0.6 is 0 Å². The van der Waals surface area contributed by atoms with E-state index in [2.05, 4.69) is 0 Å². The second-order valence-electron chi connectivity index (χ2n) is 2.32. The van der Waals surface area contributed by atoms with E-state index in [1.807, 2.05) is 0 Å². The lowest BCUT2D eigenvalue weighted by Gasteiger charge is -2.19. The largest absolute Gasteiger partial charge is 0.502 e. The van der Waals surface area contributed by atoms with Crippen LogP contribution in [0.2, 0.25) is 0 Å². The van der Waals surface area contributed by atoms with Gasteiger partial charge in [0.1, 0.15) is 12.4 Å². The molecule has 1 aliphatic rings. The summed E-state index contributed by atoms with van der Waals surface area (Å²) in [5, 5.41) is 17.9. The molecule has 0 aliphatic carbocycles. The molecular formula is C7H10O4. The molecule has 0 radical (unpaired) electrons. The highest BCUT2D eigenvalue weighted by molar-refractivity contribution is 5.97. The molecule has 1 unspecified atom stereocenters. The van der Waals surface area contributed by atoms with Gasteiger partial charge in [0.25, 0.3) is 0 Å². The maximum atomic E-state index is 10.9. The molecule has 0 bridgehead atoms. The summed E-state index contributed by atoms with van der Waals surface area (Å²) in [4.78, 5) is 10.9. The Kier molecular flexibility index (Phi) is 2.14. The molecule has 0 spiro atoms. The molecule has 1 aliphatic heterocycles. The molecule has 4 heteroatoms. The molecule has 0 aromatic heterocycles. The Morgan fingerprint density at radius 3 is 2.91 bits per heavy atom. The summed E-state index contributed by atoms with van der Waals surface area (Å²) in [5.41, 5.74) is 0. The predicted octanol–water partition coefficient (Wildman–Crippen LogP) is 0.126. The van der Waals surface area contributed by atoms with Gasteiger partial charge in [-0.25, -0.2) is 0 Å². The van der Waals surface area contributed by atoms with Crippen LogP contribution in [0.3, 0.4) is 0 Å². The molecule has 4 nitrogen and oxygen atoms in total. The number of ether oxygens (including phenoxy) is 1. The van der Waals surface area contributed by atoms with Crippen LogP contribution in [0.25, 0.3) is 0 Å². The topological polar surface area (TPSA) is 66.8 Å². The number of aliphatic hydroxyl groups excluding tert-OH is 2. The predicted molar refractivity (Wildman–Crippen MR) is 36.9 cm³/mol. The molecule has 11 heavy (non-hydrogen) atoms. The van der Waals surface area contributed by atoms with Gasteiger partial charge in [0.2, 0.25) is 5.78 Å². The molecule has 1 heterocycles. The van der Waals surface area contributed by atoms with Crippen molar-refractivity contribution < 1.29 is 19.7 Å². The minimum absolute atomic E-state index is 0.0495. The van der Waals surface area contributed by atoms with Gasteiger partial charge in [-0.1, -0.05) is 6.92 Å². The number of rotatable bonds is 1. The van der Waals surface area contributed by atoms with Crippen molar-refractivity contribution in [2.45, 2.75) is 19.4 Å². The van der Waals surface area contributed by atoms with Crippen molar-refractivity contribution in [2.24, 2.45) is 0 Å². The van der Waals surface area contributed by atoms with Crippen molar-refractivity contribution in [2.75, 3.05) is 6.61 Å². The average molecular weight is 158 g/mol. The minimum atomic E-state index is -1.20. The zero-order valence-electron chi connectivity index (χ0n) is 6.20. The third kappa shape index (κ3) is 1.35. The SMILES string of the molecule is CCC1=C(O)C(=O)C(O)CO1. The van der Waals surface area contributed by atoms with Crippen LogP contribution in [0.15, 0.2) is 11.5 Å². The zero-order valence-corrected chi connectivity index (χ0v) is 6.20. The molecule has 1 rings (SSSR count). The summed E-state index contributed by atoms with van der Waals surface area (Å²) >= 11 is 0. The van der Waals surface area contributed by atoms with Crippen molar-refractivity contribution >= 4 is 5.78 Å². The van der Waals surface area contributed by atoms with E-state index in [4.69, 9.17) is 14.9 Å². The third-order valence-corrected chi connectivity index (χ3v) is 1.54. The number of aliphatic hydroxyl groups is 2. The van der Waals surface area contributed by atoms with Gasteiger partial charge in [0.15, 0.2) is 11.9 Å². The number of hydrogen-bond donors (Lipinski definition) is 2. The van der Waals surface area contributed by atoms with Crippen LogP contribution in [0, 0.1) is 0 Å². The Morgan fingerprint density at radius 2 is 2.36 bits per heavy atom. The standard InChI is InChI=1S/C7H10O4/c1-2-5-7(10)6(9)4(8)3-11-5/h4,8,10H,2-3H2,1H3. The number of ketones is 1. The second kappa shape index (κ2) is 2.92. The lowest BCUT2D eigenvalue weighted by atomic mass is 10.1. The van der Waals surface area contributed by atoms with Crippen LogP contribution in [0.5, 0.6) is 0 Å². The van der Waals surface area contributed by atoms with Crippen molar-refractivity contribution in [1.82, 2.24) is 0 Å². The highest BCUT2D eigenvalue weighted by Crippen LogP contribution is 2.16. The van der Waals surface area contributed by atoms with Crippen molar-refractivity contribution in [3.05, 3.63) is 11.5 Å². The summed E-state index contributed by atoms with van der Waals surface area (Å²) in [6.07, 6.45) is -0.741. The monoisotopic (exact) mass is 158 g/mol. The van der Waals surface area contributed by atoms with E-state index in [0.717, 1.165) is 0 Å². The van der Waals surface area contributed by atoms with E-state index >= 15 is 0 Å². The first-order valence-corrected chi connectivity index (χ1v) is 3.44. The van der Waals surface area contributed by atoms with Crippen LogP contribution in [0.1, 0.15) is 13.3 Å². The van der Waals surface area contributed by atoms with Crippen molar-refractivity contribution in [3.8, 4) is 0 Å². The molecule has 0 amide bonds. The van der Waals surface area contributed by atoms with E-state index in [9.17, 15) is 4.79 Å². The molecule has 0 aromatic rings. The van der Waals surface area contributed by atoms with Gasteiger partial charge in [-0.15, -0.1) is 0 Å². The molecule has 0 aromatic carbocycles. The highest BCUT2D eigenvalue weighted by Gasteiger charge is 2.28. The zero-order chi connectivity index (χ0) is 8.43. The Labute approximate surface area is 64.1 Å². The average Bonchev–Trinajstić information content (AvgIpc) is 2.01. The van der Waals surface area contributed by atoms with Gasteiger partial charge in [0, 0.05) is 6.42 Å². The highest BCUT2D eigenvalue weighted by atomic mass is 16.5. The lowest BCUT2D eigenvalue weighted by molar-refractivity contribution is -0.131. The summed E-state index contributed by atoms with van der Waals surface area (Å²) in [7, 11) is 0. The Hall–Kier alpha value is -1.03. The van der Waals surface area contributed by atoms with E-state index < -0.39 is 17.6 Å². The Bertz CT molecular complexity index is 206. The van der Waals surface area contributed by atoms with Gasteiger partial charge >= 0.3 is 0 Å². The number of carbonyl (C=O) groups excluding carboxylic acids is 1. The number of Topliss-reactive ketones (excluding diaryl/α,β-unsaturated/α-hetero) is 1. The molecule has 1 atom stereocenters. The molecule has 0 saturated heterocycles. The summed E-state index contributed by atoms with van der Waals surface area (Å²) in [6.45, 7) is 1.71. The van der Waals surface area contributed by atoms with Gasteiger partial charge in [-0.2, -0.15) is 0 Å². The third-order valence-electron chi connectivity index (χ3n) is 1.54. The van der Waals surface area contributed by atoms with Gasteiger partial charge < -0.3 is 14.9 Å². The number of allylic oxidation sites excluding steroid dienone is 1. The van der Waals surface area contributed by atoms with Crippen LogP contribution in [0.4, 0.5) is 0 Å². The first kappa shape index (κ1) is 8.07. The fraction of sp³-hybridized carbons (Fsp3) is 0.571. The van der Waals surface area contributed by atoms with E-state index in [-0.39, 0.29) is 12.4 Å².